The predicted octanol–water partition coefficient (Wildman–Crippen LogP) is 3.86. The van der Waals surface area contributed by atoms with Crippen LogP contribution in [0.4, 0.5) is 0 Å². The molecule has 1 heterocycles. The number of methoxy groups -OCH3 is 2. The predicted molar refractivity (Wildman–Crippen MR) is 134 cm³/mol. The van der Waals surface area contributed by atoms with Crippen molar-refractivity contribution in [3.63, 3.8) is 0 Å². The van der Waals surface area contributed by atoms with Gasteiger partial charge in [-0.25, -0.2) is 4.98 Å². The molecule has 0 spiro atoms. The summed E-state index contributed by atoms with van der Waals surface area (Å²) in [7, 11) is 2.93. The number of ketones is 1. The van der Waals surface area contributed by atoms with Crippen molar-refractivity contribution in [2.45, 2.75) is 46.3 Å². The Balaban J connectivity index is 2.02. The molecule has 0 aliphatic carbocycles. The molecule has 10 nitrogen and oxygen atoms in total. The highest BCUT2D eigenvalue weighted by molar-refractivity contribution is 5.99. The Labute approximate surface area is 217 Å². The fourth-order valence-corrected chi connectivity index (χ4v) is 3.46. The molecule has 0 amide bonds. The van der Waals surface area contributed by atoms with E-state index in [0.717, 1.165) is 0 Å². The van der Waals surface area contributed by atoms with Gasteiger partial charge in [-0.2, -0.15) is 0 Å². The number of nitrogens with zero attached hydrogens (tertiary/aromatic N) is 1. The van der Waals surface area contributed by atoms with Crippen LogP contribution in [0.3, 0.4) is 0 Å². The molecule has 0 aliphatic rings. The van der Waals surface area contributed by atoms with Crippen molar-refractivity contribution in [3.8, 4) is 17.2 Å². The summed E-state index contributed by atoms with van der Waals surface area (Å²) in [6.45, 7) is 6.33. The average molecular weight is 518 g/mol. The van der Waals surface area contributed by atoms with Gasteiger partial charge in [-0.05, 0) is 18.1 Å². The standard InChI is InChI=1S/C27H35NO9/c1-17(2)25(37-20-10-8-7-9-11-20)23(33-6)15-34-27(31)18(3)14-21(30)24-26(36-16-35-19(4)29)22(32-5)12-13-28-24/h7-13,17-18,23,25H,14-16H2,1-6H3/t18?,23-,25-/m1/s1. The van der Waals surface area contributed by atoms with Crippen molar-refractivity contribution >= 4 is 17.7 Å². The topological polar surface area (TPSA) is 119 Å². The maximum absolute atomic E-state index is 13.0. The minimum absolute atomic E-state index is 0.0223. The molecule has 0 saturated heterocycles. The van der Waals surface area contributed by atoms with Gasteiger partial charge in [-0.15, -0.1) is 0 Å². The number of pyridine rings is 1. The van der Waals surface area contributed by atoms with E-state index in [0.29, 0.717) is 5.75 Å². The largest absolute Gasteiger partial charge is 0.493 e. The molecule has 1 aromatic heterocycles. The number of esters is 2. The highest BCUT2D eigenvalue weighted by Gasteiger charge is 2.30. The summed E-state index contributed by atoms with van der Waals surface area (Å²) < 4.78 is 32.6. The number of hydrogen-bond acceptors (Lipinski definition) is 10. The van der Waals surface area contributed by atoms with Gasteiger partial charge in [0.15, 0.2) is 23.0 Å². The maximum Gasteiger partial charge on any atom is 0.309 e. The molecule has 1 unspecified atom stereocenters. The van der Waals surface area contributed by atoms with Crippen molar-refractivity contribution in [3.05, 3.63) is 48.3 Å². The minimum atomic E-state index is -0.771. The van der Waals surface area contributed by atoms with Crippen LogP contribution in [0.15, 0.2) is 42.6 Å². The summed E-state index contributed by atoms with van der Waals surface area (Å²) in [5.74, 6) is -1.32. The molecule has 202 valence electrons. The molecule has 0 aliphatic heterocycles. The van der Waals surface area contributed by atoms with E-state index in [9.17, 15) is 14.4 Å². The van der Waals surface area contributed by atoms with Crippen LogP contribution in [0.1, 0.15) is 44.6 Å². The second-order valence-electron chi connectivity index (χ2n) is 8.66. The van der Waals surface area contributed by atoms with Gasteiger partial charge in [0.1, 0.15) is 24.6 Å². The van der Waals surface area contributed by atoms with Gasteiger partial charge in [-0.3, -0.25) is 14.4 Å². The zero-order valence-corrected chi connectivity index (χ0v) is 22.1. The number of para-hydroxylation sites is 1. The van der Waals surface area contributed by atoms with Crippen LogP contribution in [0, 0.1) is 11.8 Å². The Kier molecular flexibility index (Phi) is 11.8. The fraction of sp³-hybridized carbons (Fsp3) is 0.481. The van der Waals surface area contributed by atoms with Gasteiger partial charge in [0.05, 0.1) is 13.0 Å². The summed E-state index contributed by atoms with van der Waals surface area (Å²) in [5.41, 5.74) is -0.0444. The summed E-state index contributed by atoms with van der Waals surface area (Å²) in [4.78, 5) is 40.8. The SMILES string of the molecule is COc1ccnc(C(=O)CC(C)C(=O)OC[C@@H](OC)[C@H](Oc2ccccc2)C(C)C)c1OCOC(C)=O. The summed E-state index contributed by atoms with van der Waals surface area (Å²) in [6.07, 6.45) is 0.313. The van der Waals surface area contributed by atoms with Gasteiger partial charge in [0, 0.05) is 32.7 Å². The number of carbonyl (C=O) groups excluding carboxylic acids is 3. The third-order valence-electron chi connectivity index (χ3n) is 5.44. The van der Waals surface area contributed by atoms with E-state index in [4.69, 9.17) is 28.4 Å². The molecule has 1 aromatic carbocycles. The van der Waals surface area contributed by atoms with E-state index >= 15 is 0 Å². The fourth-order valence-electron chi connectivity index (χ4n) is 3.46. The van der Waals surface area contributed by atoms with Crippen LogP contribution in [-0.2, 0) is 23.8 Å². The molecule has 37 heavy (non-hydrogen) atoms. The van der Waals surface area contributed by atoms with E-state index < -0.39 is 36.5 Å². The monoisotopic (exact) mass is 517 g/mol. The van der Waals surface area contributed by atoms with E-state index in [1.54, 1.807) is 6.92 Å². The van der Waals surface area contributed by atoms with E-state index in [1.165, 1.54) is 33.4 Å². The molecule has 2 rings (SSSR count). The highest BCUT2D eigenvalue weighted by atomic mass is 16.7. The Morgan fingerprint density at radius 1 is 0.973 bits per heavy atom. The Morgan fingerprint density at radius 2 is 1.68 bits per heavy atom. The number of carbonyl (C=O) groups is 3. The molecule has 3 atom stereocenters. The molecule has 0 saturated carbocycles. The van der Waals surface area contributed by atoms with Gasteiger partial charge in [-0.1, -0.05) is 39.0 Å². The molecule has 0 radical (unpaired) electrons. The van der Waals surface area contributed by atoms with Crippen LogP contribution in [0.5, 0.6) is 17.2 Å². The van der Waals surface area contributed by atoms with E-state index in [1.807, 2.05) is 44.2 Å². The first kappa shape index (κ1) is 29.6. The number of hydrogen-bond donors (Lipinski definition) is 0. The minimum Gasteiger partial charge on any atom is -0.493 e. The molecule has 0 bridgehead atoms. The van der Waals surface area contributed by atoms with Crippen molar-refractivity contribution in [1.29, 1.82) is 0 Å². The van der Waals surface area contributed by atoms with Crippen LogP contribution in [0.25, 0.3) is 0 Å². The van der Waals surface area contributed by atoms with Gasteiger partial charge in [0.25, 0.3) is 0 Å². The first-order valence-electron chi connectivity index (χ1n) is 11.9. The highest BCUT2D eigenvalue weighted by Crippen LogP contribution is 2.31. The number of rotatable bonds is 15. The number of ether oxygens (including phenoxy) is 6. The molecular weight excluding hydrogens is 482 g/mol. The van der Waals surface area contributed by atoms with Gasteiger partial charge < -0.3 is 28.4 Å². The van der Waals surface area contributed by atoms with Gasteiger partial charge in [0.2, 0.25) is 6.79 Å². The zero-order chi connectivity index (χ0) is 27.4. The van der Waals surface area contributed by atoms with Crippen LogP contribution >= 0.6 is 0 Å². The smallest absolute Gasteiger partial charge is 0.309 e. The van der Waals surface area contributed by atoms with Crippen LogP contribution in [0.2, 0.25) is 0 Å². The second-order valence-corrected chi connectivity index (χ2v) is 8.66. The maximum atomic E-state index is 13.0. The summed E-state index contributed by atoms with van der Waals surface area (Å²) >= 11 is 0. The van der Waals surface area contributed by atoms with Crippen molar-refractivity contribution < 1.29 is 42.8 Å². The lowest BCUT2D eigenvalue weighted by Gasteiger charge is -2.29. The summed E-state index contributed by atoms with van der Waals surface area (Å²) in [6, 6.07) is 10.8. The number of Topliss-reactive ketones (excluding diaryl/α,β-unsaturated/α-hetero) is 1. The molecule has 10 heteroatoms. The first-order valence-corrected chi connectivity index (χ1v) is 11.9. The first-order chi connectivity index (χ1) is 17.7. The van der Waals surface area contributed by atoms with Crippen LogP contribution in [-0.4, -0.2) is 62.5 Å². The van der Waals surface area contributed by atoms with E-state index in [-0.39, 0.29) is 42.2 Å². The lowest BCUT2D eigenvalue weighted by Crippen LogP contribution is -2.41. The average Bonchev–Trinajstić information content (AvgIpc) is 2.88. The van der Waals surface area contributed by atoms with Crippen LogP contribution < -0.4 is 14.2 Å². The third kappa shape index (κ3) is 9.05. The second kappa shape index (κ2) is 14.8. The third-order valence-corrected chi connectivity index (χ3v) is 5.44. The molecular formula is C27H35NO9. The zero-order valence-electron chi connectivity index (χ0n) is 22.1. The Bertz CT molecular complexity index is 1030. The Hall–Kier alpha value is -3.66. The van der Waals surface area contributed by atoms with Crippen molar-refractivity contribution in [2.75, 3.05) is 27.6 Å². The Morgan fingerprint density at radius 3 is 2.27 bits per heavy atom. The molecule has 0 N–H and O–H groups in total. The molecule has 2 aromatic rings. The number of aromatic nitrogens is 1. The number of benzene rings is 1. The van der Waals surface area contributed by atoms with Gasteiger partial charge >= 0.3 is 11.9 Å². The lowest BCUT2D eigenvalue weighted by molar-refractivity contribution is -0.154. The lowest BCUT2D eigenvalue weighted by atomic mass is 10.0. The normalized spacial score (nSPS) is 13.3. The quantitative estimate of drug-likeness (QED) is 0.196. The van der Waals surface area contributed by atoms with E-state index in [2.05, 4.69) is 4.98 Å². The van der Waals surface area contributed by atoms with Crippen molar-refractivity contribution in [2.24, 2.45) is 11.8 Å². The molecule has 0 fully saturated rings. The van der Waals surface area contributed by atoms with Crippen molar-refractivity contribution in [1.82, 2.24) is 4.98 Å². The summed E-state index contributed by atoms with van der Waals surface area (Å²) in [5, 5.41) is 0.